The molecule has 0 radical (unpaired) electrons. The summed E-state index contributed by atoms with van der Waals surface area (Å²) < 4.78 is 6.49. The molecule has 10 rings (SSSR count). The van der Waals surface area contributed by atoms with Crippen LogP contribution in [0.2, 0.25) is 0 Å². The average molecular weight is 742 g/mol. The molecule has 10 aromatic rings. The molecule has 0 fully saturated rings. The Labute approximate surface area is 339 Å². The van der Waals surface area contributed by atoms with Crippen molar-refractivity contribution >= 4 is 28.0 Å². The highest BCUT2D eigenvalue weighted by molar-refractivity contribution is 5.94. The van der Waals surface area contributed by atoms with Crippen LogP contribution < -0.4 is 4.90 Å². The molecule has 0 amide bonds. The summed E-state index contributed by atoms with van der Waals surface area (Å²) in [4.78, 5) is 2.34. The van der Waals surface area contributed by atoms with Crippen LogP contribution in [0.3, 0.4) is 0 Å². The molecule has 0 N–H and O–H groups in total. The molecule has 1 heterocycles. The SMILES string of the molecule is c1ccc(-c2cccc(-c3ccc(N(c4ccc(-c5ccccc5-c5ccccc5-c5ccccc5)cc4)c4ccccc4-c4cc5ccccc5o4)cc3)c2)cc1. The Morgan fingerprint density at radius 2 is 0.707 bits per heavy atom. The van der Waals surface area contributed by atoms with E-state index in [1.807, 2.05) is 12.1 Å². The molecular weight excluding hydrogens is 703 g/mol. The lowest BCUT2D eigenvalue weighted by Gasteiger charge is -2.28. The van der Waals surface area contributed by atoms with Gasteiger partial charge in [-0.1, -0.05) is 182 Å². The average Bonchev–Trinajstić information content (AvgIpc) is 3.75. The number of hydrogen-bond acceptors (Lipinski definition) is 2. The van der Waals surface area contributed by atoms with Crippen LogP contribution in [0.1, 0.15) is 0 Å². The predicted octanol–water partition coefficient (Wildman–Crippen LogP) is 15.9. The molecule has 274 valence electrons. The molecule has 0 saturated heterocycles. The van der Waals surface area contributed by atoms with E-state index in [2.05, 4.69) is 229 Å². The number of rotatable bonds is 9. The van der Waals surface area contributed by atoms with Gasteiger partial charge in [0.2, 0.25) is 0 Å². The lowest BCUT2D eigenvalue weighted by atomic mass is 9.89. The highest BCUT2D eigenvalue weighted by Gasteiger charge is 2.20. The van der Waals surface area contributed by atoms with Gasteiger partial charge in [-0.25, -0.2) is 0 Å². The Morgan fingerprint density at radius 1 is 0.276 bits per heavy atom. The summed E-state index contributed by atoms with van der Waals surface area (Å²) in [5, 5.41) is 1.08. The van der Waals surface area contributed by atoms with Crippen LogP contribution in [0.4, 0.5) is 17.1 Å². The van der Waals surface area contributed by atoms with E-state index in [0.717, 1.165) is 50.5 Å². The first-order valence-electron chi connectivity index (χ1n) is 19.8. The van der Waals surface area contributed by atoms with Crippen LogP contribution >= 0.6 is 0 Å². The van der Waals surface area contributed by atoms with E-state index in [1.54, 1.807) is 0 Å². The first-order chi connectivity index (χ1) is 28.8. The molecular formula is C56H39NO. The number of hydrogen-bond donors (Lipinski definition) is 0. The summed E-state index contributed by atoms with van der Waals surface area (Å²) in [7, 11) is 0. The number of anilines is 3. The fraction of sp³-hybridized carbons (Fsp3) is 0. The maximum absolute atomic E-state index is 6.49. The summed E-state index contributed by atoms with van der Waals surface area (Å²) >= 11 is 0. The second-order valence-corrected chi connectivity index (χ2v) is 14.5. The minimum Gasteiger partial charge on any atom is -0.456 e. The zero-order valence-corrected chi connectivity index (χ0v) is 31.9. The Hall–Kier alpha value is -7.68. The predicted molar refractivity (Wildman–Crippen MR) is 244 cm³/mol. The Balaban J connectivity index is 1.07. The van der Waals surface area contributed by atoms with Crippen LogP contribution in [0.15, 0.2) is 241 Å². The van der Waals surface area contributed by atoms with Gasteiger partial charge in [-0.15, -0.1) is 0 Å². The summed E-state index contributed by atoms with van der Waals surface area (Å²) in [6.07, 6.45) is 0. The topological polar surface area (TPSA) is 16.4 Å². The van der Waals surface area contributed by atoms with Gasteiger partial charge in [0.1, 0.15) is 11.3 Å². The lowest BCUT2D eigenvalue weighted by Crippen LogP contribution is -2.11. The lowest BCUT2D eigenvalue weighted by molar-refractivity contribution is 0.631. The van der Waals surface area contributed by atoms with Crippen molar-refractivity contribution in [1.29, 1.82) is 0 Å². The largest absolute Gasteiger partial charge is 0.456 e. The molecule has 0 saturated carbocycles. The molecule has 0 aliphatic carbocycles. The number of furan rings is 1. The highest BCUT2D eigenvalue weighted by Crippen LogP contribution is 2.44. The zero-order valence-electron chi connectivity index (χ0n) is 31.9. The first kappa shape index (κ1) is 34.8. The maximum Gasteiger partial charge on any atom is 0.137 e. The molecule has 1 aromatic heterocycles. The molecule has 2 heteroatoms. The molecule has 0 spiro atoms. The van der Waals surface area contributed by atoms with Gasteiger partial charge in [-0.3, -0.25) is 0 Å². The van der Waals surface area contributed by atoms with Gasteiger partial charge in [0, 0.05) is 22.3 Å². The Bertz CT molecular complexity index is 2950. The molecule has 0 atom stereocenters. The van der Waals surface area contributed by atoms with Gasteiger partial charge in [-0.05, 0) is 110 Å². The molecule has 0 unspecified atom stereocenters. The van der Waals surface area contributed by atoms with E-state index in [0.29, 0.717) is 0 Å². The molecule has 58 heavy (non-hydrogen) atoms. The summed E-state index contributed by atoms with van der Waals surface area (Å²) in [5.74, 6) is 0.832. The second-order valence-electron chi connectivity index (χ2n) is 14.5. The van der Waals surface area contributed by atoms with E-state index < -0.39 is 0 Å². The van der Waals surface area contributed by atoms with Crippen molar-refractivity contribution in [3.05, 3.63) is 237 Å². The number of fused-ring (bicyclic) bond motifs is 1. The summed E-state index contributed by atoms with van der Waals surface area (Å²) in [5.41, 5.74) is 17.0. The van der Waals surface area contributed by atoms with Crippen molar-refractivity contribution < 1.29 is 4.42 Å². The van der Waals surface area contributed by atoms with Crippen molar-refractivity contribution in [2.45, 2.75) is 0 Å². The van der Waals surface area contributed by atoms with Crippen molar-refractivity contribution in [3.63, 3.8) is 0 Å². The van der Waals surface area contributed by atoms with Gasteiger partial charge in [0.15, 0.2) is 0 Å². The fourth-order valence-corrected chi connectivity index (χ4v) is 8.08. The smallest absolute Gasteiger partial charge is 0.137 e. The third-order valence-electron chi connectivity index (χ3n) is 10.9. The molecule has 0 aliphatic heterocycles. The molecule has 0 aliphatic rings. The summed E-state index contributed by atoms with van der Waals surface area (Å²) in [6, 6.07) is 84.1. The Kier molecular flexibility index (Phi) is 9.27. The highest BCUT2D eigenvalue weighted by atomic mass is 16.3. The van der Waals surface area contributed by atoms with E-state index in [9.17, 15) is 0 Å². The molecule has 0 bridgehead atoms. The minimum absolute atomic E-state index is 0.832. The van der Waals surface area contributed by atoms with Crippen molar-refractivity contribution in [1.82, 2.24) is 0 Å². The van der Waals surface area contributed by atoms with Crippen molar-refractivity contribution in [3.8, 4) is 67.0 Å². The van der Waals surface area contributed by atoms with E-state index >= 15 is 0 Å². The third-order valence-corrected chi connectivity index (χ3v) is 10.9. The van der Waals surface area contributed by atoms with Crippen LogP contribution in [-0.2, 0) is 0 Å². The minimum atomic E-state index is 0.832. The quantitative estimate of drug-likeness (QED) is 0.146. The number of para-hydroxylation sites is 2. The number of benzene rings is 9. The molecule has 2 nitrogen and oxygen atoms in total. The normalized spacial score (nSPS) is 11.1. The van der Waals surface area contributed by atoms with E-state index in [1.165, 1.54) is 44.5 Å². The van der Waals surface area contributed by atoms with Crippen molar-refractivity contribution in [2.24, 2.45) is 0 Å². The fourth-order valence-electron chi connectivity index (χ4n) is 8.08. The third kappa shape index (κ3) is 6.78. The van der Waals surface area contributed by atoms with Gasteiger partial charge in [0.05, 0.1) is 5.69 Å². The maximum atomic E-state index is 6.49. The van der Waals surface area contributed by atoms with Crippen LogP contribution in [-0.4, -0.2) is 0 Å². The van der Waals surface area contributed by atoms with Gasteiger partial charge >= 0.3 is 0 Å². The van der Waals surface area contributed by atoms with Gasteiger partial charge < -0.3 is 9.32 Å². The zero-order chi connectivity index (χ0) is 38.7. The van der Waals surface area contributed by atoms with Crippen LogP contribution in [0.5, 0.6) is 0 Å². The van der Waals surface area contributed by atoms with Crippen molar-refractivity contribution in [2.75, 3.05) is 4.90 Å². The monoisotopic (exact) mass is 741 g/mol. The van der Waals surface area contributed by atoms with E-state index in [4.69, 9.17) is 4.42 Å². The first-order valence-corrected chi connectivity index (χ1v) is 19.8. The van der Waals surface area contributed by atoms with Gasteiger partial charge in [-0.2, -0.15) is 0 Å². The van der Waals surface area contributed by atoms with E-state index in [-0.39, 0.29) is 0 Å². The second kappa shape index (κ2) is 15.5. The van der Waals surface area contributed by atoms with Gasteiger partial charge in [0.25, 0.3) is 0 Å². The molecule has 9 aromatic carbocycles. The Morgan fingerprint density at radius 3 is 1.31 bits per heavy atom. The van der Waals surface area contributed by atoms with Crippen LogP contribution in [0, 0.1) is 0 Å². The standard InChI is InChI=1S/C56H39NO/c1-3-16-40(17-4-1)44-21-15-22-45(38-44)41-30-34-47(35-31-41)57(54-28-13-12-27-53(54)56-39-46-20-7-14-29-55(46)58-56)48-36-32-43(33-37-48)50-24-9-11-26-52(50)51-25-10-8-23-49(51)42-18-5-2-6-19-42/h1-39H. The van der Waals surface area contributed by atoms with Crippen LogP contribution in [0.25, 0.3) is 77.9 Å². The summed E-state index contributed by atoms with van der Waals surface area (Å²) in [6.45, 7) is 0. The number of nitrogens with zero attached hydrogens (tertiary/aromatic N) is 1.